The molecule has 1 aromatic carbocycles. The van der Waals surface area contributed by atoms with E-state index in [1.54, 1.807) is 24.8 Å². The van der Waals surface area contributed by atoms with Gasteiger partial charge in [-0.1, -0.05) is 6.07 Å². The molecular weight excluding hydrogens is 318 g/mol. The van der Waals surface area contributed by atoms with Crippen LogP contribution in [0.2, 0.25) is 0 Å². The Labute approximate surface area is 139 Å². The molecule has 0 unspecified atom stereocenters. The molecule has 0 aliphatic rings. The van der Waals surface area contributed by atoms with Gasteiger partial charge in [0.15, 0.2) is 11.5 Å². The molecule has 7 heteroatoms. The van der Waals surface area contributed by atoms with Crippen molar-refractivity contribution in [3.63, 3.8) is 0 Å². The van der Waals surface area contributed by atoms with Crippen LogP contribution in [0, 0.1) is 0 Å². The summed E-state index contributed by atoms with van der Waals surface area (Å²) < 4.78 is 4.95. The molecule has 1 atom stereocenters. The molecule has 0 aliphatic carbocycles. The largest absolute Gasteiger partial charge is 0.504 e. The number of benzene rings is 1. The fourth-order valence-electron chi connectivity index (χ4n) is 1.76. The van der Waals surface area contributed by atoms with Crippen molar-refractivity contribution in [3.8, 4) is 11.5 Å². The first-order valence-electron chi connectivity index (χ1n) is 7.14. The monoisotopic (exact) mass is 339 g/mol. The number of carbonyl (C=O) groups is 2. The number of esters is 1. The summed E-state index contributed by atoms with van der Waals surface area (Å²) in [6.45, 7) is 1.97. The number of hydrogen-bond acceptors (Lipinski definition) is 6. The Bertz CT molecular complexity index is 574. The van der Waals surface area contributed by atoms with Gasteiger partial charge in [0.25, 0.3) is 0 Å². The molecule has 1 amide bonds. The van der Waals surface area contributed by atoms with Crippen molar-refractivity contribution in [2.75, 3.05) is 18.6 Å². The SMILES string of the molecule is CCOC(=O)[C@H](CCSC)NC(=O)/C=C/c1ccc(O)c(O)c1. The van der Waals surface area contributed by atoms with E-state index in [9.17, 15) is 19.8 Å². The number of carbonyl (C=O) groups excluding carboxylic acids is 2. The van der Waals surface area contributed by atoms with Crippen molar-refractivity contribution in [1.82, 2.24) is 5.32 Å². The number of nitrogens with one attached hydrogen (secondary N) is 1. The number of aromatic hydroxyl groups is 2. The molecule has 0 aromatic heterocycles. The van der Waals surface area contributed by atoms with Gasteiger partial charge in [0, 0.05) is 6.08 Å². The van der Waals surface area contributed by atoms with Gasteiger partial charge in [-0.2, -0.15) is 11.8 Å². The van der Waals surface area contributed by atoms with E-state index in [1.165, 1.54) is 24.3 Å². The summed E-state index contributed by atoms with van der Waals surface area (Å²) in [5.41, 5.74) is 0.548. The molecule has 1 rings (SSSR count). The second-order valence-corrected chi connectivity index (χ2v) is 5.66. The number of rotatable bonds is 8. The lowest BCUT2D eigenvalue weighted by atomic mass is 10.2. The third-order valence-electron chi connectivity index (χ3n) is 2.92. The Hall–Kier alpha value is -2.15. The van der Waals surface area contributed by atoms with Gasteiger partial charge in [-0.05, 0) is 49.1 Å². The molecule has 0 bridgehead atoms. The van der Waals surface area contributed by atoms with Gasteiger partial charge in [-0.15, -0.1) is 0 Å². The third kappa shape index (κ3) is 6.65. The van der Waals surface area contributed by atoms with Gasteiger partial charge in [0.05, 0.1) is 6.61 Å². The van der Waals surface area contributed by atoms with E-state index in [0.29, 0.717) is 12.0 Å². The van der Waals surface area contributed by atoms with Gasteiger partial charge in [-0.25, -0.2) is 4.79 Å². The van der Waals surface area contributed by atoms with E-state index in [0.717, 1.165) is 5.75 Å². The van der Waals surface area contributed by atoms with E-state index >= 15 is 0 Å². The quantitative estimate of drug-likeness (QED) is 0.380. The molecule has 0 spiro atoms. The van der Waals surface area contributed by atoms with Crippen molar-refractivity contribution in [1.29, 1.82) is 0 Å². The Morgan fingerprint density at radius 3 is 2.70 bits per heavy atom. The summed E-state index contributed by atoms with van der Waals surface area (Å²) in [5, 5.41) is 21.2. The normalized spacial score (nSPS) is 12.1. The molecular formula is C16H21NO5S. The lowest BCUT2D eigenvalue weighted by Crippen LogP contribution is -2.41. The van der Waals surface area contributed by atoms with Crippen LogP contribution in [-0.2, 0) is 14.3 Å². The molecule has 23 heavy (non-hydrogen) atoms. The van der Waals surface area contributed by atoms with Crippen molar-refractivity contribution in [3.05, 3.63) is 29.8 Å². The third-order valence-corrected chi connectivity index (χ3v) is 3.57. The molecule has 126 valence electrons. The first-order chi connectivity index (χ1) is 11.0. The fraction of sp³-hybridized carbons (Fsp3) is 0.375. The fourth-order valence-corrected chi connectivity index (χ4v) is 2.23. The van der Waals surface area contributed by atoms with Crippen molar-refractivity contribution >= 4 is 29.7 Å². The van der Waals surface area contributed by atoms with Crippen LogP contribution in [0.15, 0.2) is 24.3 Å². The maximum Gasteiger partial charge on any atom is 0.328 e. The number of hydrogen-bond donors (Lipinski definition) is 3. The Kier molecular flexibility index (Phi) is 8.04. The van der Waals surface area contributed by atoms with Crippen LogP contribution in [0.5, 0.6) is 11.5 Å². The van der Waals surface area contributed by atoms with Gasteiger partial charge >= 0.3 is 5.97 Å². The van der Waals surface area contributed by atoms with E-state index in [1.807, 2.05) is 6.26 Å². The summed E-state index contributed by atoms with van der Waals surface area (Å²) in [6.07, 6.45) is 5.14. The highest BCUT2D eigenvalue weighted by Gasteiger charge is 2.20. The van der Waals surface area contributed by atoms with Crippen LogP contribution in [0.3, 0.4) is 0 Å². The van der Waals surface area contributed by atoms with Crippen LogP contribution >= 0.6 is 11.8 Å². The molecule has 6 nitrogen and oxygen atoms in total. The average molecular weight is 339 g/mol. The van der Waals surface area contributed by atoms with Crippen LogP contribution in [-0.4, -0.2) is 46.7 Å². The first kappa shape index (κ1) is 18.9. The van der Waals surface area contributed by atoms with Gasteiger partial charge < -0.3 is 20.3 Å². The molecule has 0 saturated carbocycles. The standard InChI is InChI=1S/C16H21NO5S/c1-3-22-16(21)12(8-9-23-2)17-15(20)7-5-11-4-6-13(18)14(19)10-11/h4-7,10,12,18-19H,3,8-9H2,1-2H3,(H,17,20)/b7-5+/t12-/m0/s1. The molecule has 0 saturated heterocycles. The summed E-state index contributed by atoms with van der Waals surface area (Å²) in [7, 11) is 0. The predicted octanol–water partition coefficient (Wildman–Crippen LogP) is 1.91. The van der Waals surface area contributed by atoms with Gasteiger partial charge in [0.1, 0.15) is 6.04 Å². The number of ether oxygens (including phenoxy) is 1. The summed E-state index contributed by atoms with van der Waals surface area (Å²) in [4.78, 5) is 23.7. The Morgan fingerprint density at radius 2 is 2.09 bits per heavy atom. The van der Waals surface area contributed by atoms with Crippen molar-refractivity contribution < 1.29 is 24.5 Å². The van der Waals surface area contributed by atoms with Crippen molar-refractivity contribution in [2.24, 2.45) is 0 Å². The smallest absolute Gasteiger partial charge is 0.328 e. The number of amides is 1. The molecule has 1 aromatic rings. The van der Waals surface area contributed by atoms with Gasteiger partial charge in [0.2, 0.25) is 5.91 Å². The van der Waals surface area contributed by atoms with Crippen LogP contribution in [0.1, 0.15) is 18.9 Å². The highest BCUT2D eigenvalue weighted by atomic mass is 32.2. The summed E-state index contributed by atoms with van der Waals surface area (Å²) in [6, 6.07) is 3.52. The minimum atomic E-state index is -0.687. The summed E-state index contributed by atoms with van der Waals surface area (Å²) >= 11 is 1.58. The predicted molar refractivity (Wildman–Crippen MR) is 90.4 cm³/mol. The number of phenols is 2. The van der Waals surface area contributed by atoms with Gasteiger partial charge in [-0.3, -0.25) is 4.79 Å². The Morgan fingerprint density at radius 1 is 1.35 bits per heavy atom. The molecule has 0 aliphatic heterocycles. The number of phenolic OH excluding ortho intramolecular Hbond substituents is 2. The number of thioether (sulfide) groups is 1. The highest BCUT2D eigenvalue weighted by molar-refractivity contribution is 7.98. The first-order valence-corrected chi connectivity index (χ1v) is 8.53. The van der Waals surface area contributed by atoms with Crippen LogP contribution in [0.4, 0.5) is 0 Å². The zero-order valence-corrected chi connectivity index (χ0v) is 13.9. The van der Waals surface area contributed by atoms with Crippen molar-refractivity contribution in [2.45, 2.75) is 19.4 Å². The molecule has 0 radical (unpaired) electrons. The second-order valence-electron chi connectivity index (χ2n) is 4.68. The van der Waals surface area contributed by atoms with Crippen LogP contribution < -0.4 is 5.32 Å². The lowest BCUT2D eigenvalue weighted by Gasteiger charge is -2.15. The Balaban J connectivity index is 2.68. The van der Waals surface area contributed by atoms with E-state index in [-0.39, 0.29) is 18.1 Å². The highest BCUT2D eigenvalue weighted by Crippen LogP contribution is 2.25. The molecule has 0 heterocycles. The molecule has 0 fully saturated rings. The zero-order chi connectivity index (χ0) is 17.2. The summed E-state index contributed by atoms with van der Waals surface area (Å²) in [5.74, 6) is -0.662. The van der Waals surface area contributed by atoms with E-state index < -0.39 is 17.9 Å². The zero-order valence-electron chi connectivity index (χ0n) is 13.1. The lowest BCUT2D eigenvalue weighted by molar-refractivity contribution is -0.147. The molecule has 3 N–H and O–H groups in total. The van der Waals surface area contributed by atoms with E-state index in [4.69, 9.17) is 4.74 Å². The maximum absolute atomic E-state index is 11.9. The van der Waals surface area contributed by atoms with Crippen LogP contribution in [0.25, 0.3) is 6.08 Å². The minimum Gasteiger partial charge on any atom is -0.504 e. The maximum atomic E-state index is 11.9. The topological polar surface area (TPSA) is 95.9 Å². The van der Waals surface area contributed by atoms with E-state index in [2.05, 4.69) is 5.32 Å². The minimum absolute atomic E-state index is 0.231. The second kappa shape index (κ2) is 9.78. The average Bonchev–Trinajstić information content (AvgIpc) is 2.52.